The van der Waals surface area contributed by atoms with Gasteiger partial charge in [-0.1, -0.05) is 41.4 Å². The second-order valence-electron chi connectivity index (χ2n) is 4.89. The second-order valence-corrected chi connectivity index (χ2v) is 5.29. The highest BCUT2D eigenvalue weighted by Gasteiger charge is 2.13. The van der Waals surface area contributed by atoms with E-state index >= 15 is 0 Å². The number of carbonyl (C=O) groups is 1. The van der Waals surface area contributed by atoms with Crippen LogP contribution in [0.25, 0.3) is 0 Å². The number of hydrogen-bond acceptors (Lipinski definition) is 2. The van der Waals surface area contributed by atoms with E-state index in [9.17, 15) is 4.79 Å². The number of nitrogens with zero attached hydrogens (tertiary/aromatic N) is 1. The van der Waals surface area contributed by atoms with Crippen molar-refractivity contribution in [1.82, 2.24) is 4.90 Å². The summed E-state index contributed by atoms with van der Waals surface area (Å²) in [5, 5.41) is 0.461. The third kappa shape index (κ3) is 3.31. The van der Waals surface area contributed by atoms with Crippen LogP contribution in [0.15, 0.2) is 42.5 Å². The molecule has 0 aliphatic heterocycles. The number of benzene rings is 2. The predicted molar refractivity (Wildman–Crippen MR) is 82.8 cm³/mol. The molecule has 0 saturated heterocycles. The zero-order valence-corrected chi connectivity index (χ0v) is 12.3. The summed E-state index contributed by atoms with van der Waals surface area (Å²) >= 11 is 5.86. The Morgan fingerprint density at radius 3 is 2.65 bits per heavy atom. The monoisotopic (exact) mass is 288 g/mol. The van der Waals surface area contributed by atoms with Gasteiger partial charge in [-0.3, -0.25) is 4.79 Å². The Kier molecular flexibility index (Phi) is 4.30. The van der Waals surface area contributed by atoms with E-state index in [1.165, 1.54) is 5.56 Å². The Hall–Kier alpha value is -2.00. The molecule has 1 amide bonds. The normalized spacial score (nSPS) is 10.3. The topological polar surface area (TPSA) is 46.3 Å². The third-order valence-corrected chi connectivity index (χ3v) is 3.44. The van der Waals surface area contributed by atoms with E-state index in [1.54, 1.807) is 30.1 Å². The van der Waals surface area contributed by atoms with Gasteiger partial charge in [-0.05, 0) is 30.7 Å². The minimum atomic E-state index is -0.0742. The first-order valence-corrected chi connectivity index (χ1v) is 6.71. The van der Waals surface area contributed by atoms with Crippen LogP contribution < -0.4 is 5.73 Å². The largest absolute Gasteiger partial charge is 0.398 e. The lowest BCUT2D eigenvalue weighted by atomic mass is 10.1. The summed E-state index contributed by atoms with van der Waals surface area (Å²) in [5.74, 6) is -0.0742. The van der Waals surface area contributed by atoms with E-state index in [0.717, 1.165) is 5.56 Å². The van der Waals surface area contributed by atoms with Crippen LogP contribution in [0.3, 0.4) is 0 Å². The molecule has 0 aromatic heterocycles. The van der Waals surface area contributed by atoms with Crippen LogP contribution in [-0.2, 0) is 6.54 Å². The number of nitrogen functional groups attached to an aromatic ring is 1. The number of rotatable bonds is 3. The maximum absolute atomic E-state index is 12.3. The lowest BCUT2D eigenvalue weighted by Gasteiger charge is -2.18. The van der Waals surface area contributed by atoms with Gasteiger partial charge in [0.15, 0.2) is 0 Å². The van der Waals surface area contributed by atoms with Gasteiger partial charge in [0, 0.05) is 19.2 Å². The number of halogens is 1. The van der Waals surface area contributed by atoms with Crippen molar-refractivity contribution in [2.24, 2.45) is 0 Å². The zero-order valence-electron chi connectivity index (χ0n) is 11.6. The fourth-order valence-corrected chi connectivity index (χ4v) is 2.17. The van der Waals surface area contributed by atoms with Crippen molar-refractivity contribution >= 4 is 23.2 Å². The fourth-order valence-electron chi connectivity index (χ4n) is 2.05. The smallest absolute Gasteiger partial charge is 0.253 e. The van der Waals surface area contributed by atoms with Gasteiger partial charge in [-0.2, -0.15) is 0 Å². The summed E-state index contributed by atoms with van der Waals surface area (Å²) in [6.07, 6.45) is 0. The van der Waals surface area contributed by atoms with Crippen molar-refractivity contribution in [2.75, 3.05) is 12.8 Å². The molecule has 104 valence electrons. The highest BCUT2D eigenvalue weighted by atomic mass is 35.5. The van der Waals surface area contributed by atoms with Crippen molar-refractivity contribution in [2.45, 2.75) is 13.5 Å². The van der Waals surface area contributed by atoms with Gasteiger partial charge in [-0.25, -0.2) is 0 Å². The molecule has 0 atom stereocenters. The van der Waals surface area contributed by atoms with Crippen molar-refractivity contribution in [3.05, 3.63) is 64.2 Å². The van der Waals surface area contributed by atoms with Crippen LogP contribution in [-0.4, -0.2) is 17.9 Å². The van der Waals surface area contributed by atoms with Gasteiger partial charge < -0.3 is 10.6 Å². The molecule has 0 aliphatic rings. The maximum Gasteiger partial charge on any atom is 0.253 e. The molecule has 20 heavy (non-hydrogen) atoms. The highest BCUT2D eigenvalue weighted by molar-refractivity contribution is 6.33. The van der Waals surface area contributed by atoms with Gasteiger partial charge in [0.05, 0.1) is 10.7 Å². The van der Waals surface area contributed by atoms with Crippen LogP contribution in [0, 0.1) is 6.92 Å². The number of hydrogen-bond donors (Lipinski definition) is 1. The highest BCUT2D eigenvalue weighted by Crippen LogP contribution is 2.20. The molecule has 0 aliphatic carbocycles. The molecular formula is C16H17ClN2O. The molecule has 2 rings (SSSR count). The van der Waals surface area contributed by atoms with Gasteiger partial charge in [0.1, 0.15) is 0 Å². The molecule has 0 radical (unpaired) electrons. The first-order chi connectivity index (χ1) is 9.47. The number of nitrogens with two attached hydrogens (primary N) is 1. The molecule has 3 nitrogen and oxygen atoms in total. The Morgan fingerprint density at radius 2 is 2.00 bits per heavy atom. The fraction of sp³-hybridized carbons (Fsp3) is 0.188. The first kappa shape index (κ1) is 14.4. The van der Waals surface area contributed by atoms with E-state index in [0.29, 0.717) is 22.8 Å². The van der Waals surface area contributed by atoms with E-state index in [2.05, 4.69) is 6.07 Å². The minimum absolute atomic E-state index is 0.0742. The summed E-state index contributed by atoms with van der Waals surface area (Å²) in [4.78, 5) is 14.0. The van der Waals surface area contributed by atoms with Crippen molar-refractivity contribution in [1.29, 1.82) is 0 Å². The van der Waals surface area contributed by atoms with Gasteiger partial charge in [0.2, 0.25) is 0 Å². The van der Waals surface area contributed by atoms with E-state index in [-0.39, 0.29) is 5.91 Å². The Morgan fingerprint density at radius 1 is 1.25 bits per heavy atom. The molecule has 2 aromatic carbocycles. The standard InChI is InChI=1S/C16H17ClN2O/c1-11-4-3-5-12(8-11)10-19(2)16(20)13-6-7-14(17)15(18)9-13/h3-9H,10,18H2,1-2H3. The van der Waals surface area contributed by atoms with E-state index in [4.69, 9.17) is 17.3 Å². The number of carbonyl (C=O) groups excluding carboxylic acids is 1. The molecule has 0 fully saturated rings. The SMILES string of the molecule is Cc1cccc(CN(C)C(=O)c2ccc(Cl)c(N)c2)c1. The van der Waals surface area contributed by atoms with Gasteiger partial charge in [-0.15, -0.1) is 0 Å². The summed E-state index contributed by atoms with van der Waals surface area (Å²) in [7, 11) is 1.77. The van der Waals surface area contributed by atoms with Crippen molar-refractivity contribution in [3.8, 4) is 0 Å². The first-order valence-electron chi connectivity index (χ1n) is 6.33. The van der Waals surface area contributed by atoms with Crippen molar-refractivity contribution in [3.63, 3.8) is 0 Å². The Bertz CT molecular complexity index is 640. The lowest BCUT2D eigenvalue weighted by Crippen LogP contribution is -2.26. The third-order valence-electron chi connectivity index (χ3n) is 3.09. The molecule has 0 heterocycles. The van der Waals surface area contributed by atoms with Crippen LogP contribution in [0.4, 0.5) is 5.69 Å². The quantitative estimate of drug-likeness (QED) is 0.879. The van der Waals surface area contributed by atoms with Crippen LogP contribution in [0.5, 0.6) is 0 Å². The Labute approximate surface area is 124 Å². The second kappa shape index (κ2) is 5.97. The molecule has 0 bridgehead atoms. The van der Waals surface area contributed by atoms with Gasteiger partial charge in [0.25, 0.3) is 5.91 Å². The number of amides is 1. The molecule has 0 unspecified atom stereocenters. The molecule has 2 N–H and O–H groups in total. The van der Waals surface area contributed by atoms with Crippen LogP contribution in [0.2, 0.25) is 5.02 Å². The van der Waals surface area contributed by atoms with Crippen LogP contribution >= 0.6 is 11.6 Å². The molecular weight excluding hydrogens is 272 g/mol. The summed E-state index contributed by atoms with van der Waals surface area (Å²) < 4.78 is 0. The number of aryl methyl sites for hydroxylation is 1. The molecule has 0 spiro atoms. The molecule has 0 saturated carbocycles. The average molecular weight is 289 g/mol. The lowest BCUT2D eigenvalue weighted by molar-refractivity contribution is 0.0785. The summed E-state index contributed by atoms with van der Waals surface area (Å²) in [6.45, 7) is 2.59. The van der Waals surface area contributed by atoms with E-state index < -0.39 is 0 Å². The minimum Gasteiger partial charge on any atom is -0.398 e. The van der Waals surface area contributed by atoms with Gasteiger partial charge >= 0.3 is 0 Å². The summed E-state index contributed by atoms with van der Waals surface area (Å²) in [6, 6.07) is 13.0. The predicted octanol–water partition coefficient (Wildman–Crippen LogP) is 3.50. The van der Waals surface area contributed by atoms with E-state index in [1.807, 2.05) is 25.1 Å². The van der Waals surface area contributed by atoms with Crippen molar-refractivity contribution < 1.29 is 4.79 Å². The van der Waals surface area contributed by atoms with Crippen LogP contribution in [0.1, 0.15) is 21.5 Å². The average Bonchev–Trinajstić information content (AvgIpc) is 2.41. The summed E-state index contributed by atoms with van der Waals surface area (Å²) in [5.41, 5.74) is 8.97. The Balaban J connectivity index is 2.14. The molecule has 4 heteroatoms. The maximum atomic E-state index is 12.3. The zero-order chi connectivity index (χ0) is 14.7. The number of anilines is 1. The molecule has 2 aromatic rings.